The van der Waals surface area contributed by atoms with Gasteiger partial charge in [-0.05, 0) is 75.6 Å². The van der Waals surface area contributed by atoms with Crippen LogP contribution in [0.1, 0.15) is 77.3 Å². The van der Waals surface area contributed by atoms with Gasteiger partial charge in [0.05, 0.1) is 0 Å². The number of rotatable bonds is 2. The minimum Gasteiger partial charge on any atom is -0.380 e. The molecule has 0 bridgehead atoms. The average molecular weight is 407 g/mol. The van der Waals surface area contributed by atoms with E-state index in [4.69, 9.17) is 0 Å². The predicted octanol–water partition coefficient (Wildman–Crippen LogP) is 5.90. The summed E-state index contributed by atoms with van der Waals surface area (Å²) in [6, 6.07) is 14.5. The molecule has 2 nitrogen and oxygen atoms in total. The fourth-order valence-electron chi connectivity index (χ4n) is 5.71. The second-order valence-corrected chi connectivity index (χ2v) is 15.9. The Bertz CT molecular complexity index is 866. The first-order valence-electron chi connectivity index (χ1n) is 11.2. The van der Waals surface area contributed by atoms with Crippen LogP contribution in [0.2, 0.25) is 13.1 Å². The molecular formula is C26H38N2Si. The van der Waals surface area contributed by atoms with Crippen molar-refractivity contribution in [3.63, 3.8) is 0 Å². The largest absolute Gasteiger partial charge is 0.380 e. The predicted molar refractivity (Wildman–Crippen MR) is 131 cm³/mol. The lowest BCUT2D eigenvalue weighted by atomic mass is 9.82. The molecule has 0 amide bonds. The Morgan fingerprint density at radius 3 is 1.48 bits per heavy atom. The number of anilines is 2. The highest BCUT2D eigenvalue weighted by atomic mass is 28.3. The molecule has 2 aliphatic rings. The van der Waals surface area contributed by atoms with Crippen molar-refractivity contribution < 1.29 is 0 Å². The molecule has 0 aromatic heterocycles. The summed E-state index contributed by atoms with van der Waals surface area (Å²) in [5.74, 6) is 1.22. The summed E-state index contributed by atoms with van der Waals surface area (Å²) in [5, 5.41) is 10.6. The second kappa shape index (κ2) is 6.63. The smallest absolute Gasteiger partial charge is 0.112 e. The fourth-order valence-corrected chi connectivity index (χ4v) is 8.06. The summed E-state index contributed by atoms with van der Waals surface area (Å²) in [4.78, 5) is 0. The molecule has 29 heavy (non-hydrogen) atoms. The number of nitrogens with one attached hydrogen (secondary N) is 2. The van der Waals surface area contributed by atoms with E-state index in [0.29, 0.717) is 11.8 Å². The van der Waals surface area contributed by atoms with Gasteiger partial charge in [-0.25, -0.2) is 0 Å². The first kappa shape index (κ1) is 20.5. The van der Waals surface area contributed by atoms with Crippen LogP contribution in [0.15, 0.2) is 36.4 Å². The maximum atomic E-state index is 3.81. The van der Waals surface area contributed by atoms with E-state index in [0.717, 1.165) is 0 Å². The molecule has 2 N–H and O–H groups in total. The summed E-state index contributed by atoms with van der Waals surface area (Å²) in [6.45, 7) is 19.0. The monoisotopic (exact) mass is 406 g/mol. The first-order valence-corrected chi connectivity index (χ1v) is 14.2. The lowest BCUT2D eigenvalue weighted by molar-refractivity contribution is 0.454. The van der Waals surface area contributed by atoms with Crippen LogP contribution < -0.4 is 21.0 Å². The number of hydrogen-bond donors (Lipinski definition) is 2. The van der Waals surface area contributed by atoms with E-state index in [1.165, 1.54) is 45.7 Å². The van der Waals surface area contributed by atoms with Crippen molar-refractivity contribution in [1.82, 2.24) is 0 Å². The molecule has 3 heteroatoms. The van der Waals surface area contributed by atoms with Crippen molar-refractivity contribution in [2.45, 2.75) is 90.4 Å². The molecule has 156 valence electrons. The van der Waals surface area contributed by atoms with Gasteiger partial charge in [0, 0.05) is 22.5 Å². The van der Waals surface area contributed by atoms with E-state index in [-0.39, 0.29) is 11.1 Å². The van der Waals surface area contributed by atoms with Crippen LogP contribution in [-0.4, -0.2) is 19.2 Å². The van der Waals surface area contributed by atoms with Gasteiger partial charge >= 0.3 is 0 Å². The molecule has 2 aromatic rings. The third kappa shape index (κ3) is 3.74. The van der Waals surface area contributed by atoms with Crippen LogP contribution in [0.5, 0.6) is 0 Å². The van der Waals surface area contributed by atoms with Crippen LogP contribution in [0.3, 0.4) is 0 Å². The maximum absolute atomic E-state index is 3.81. The van der Waals surface area contributed by atoms with Gasteiger partial charge in [-0.1, -0.05) is 61.6 Å². The Morgan fingerprint density at radius 2 is 1.10 bits per heavy atom. The third-order valence-corrected chi connectivity index (χ3v) is 10.7. The van der Waals surface area contributed by atoms with E-state index in [9.17, 15) is 0 Å². The van der Waals surface area contributed by atoms with E-state index in [1.54, 1.807) is 0 Å². The third-order valence-electron chi connectivity index (χ3n) is 7.19. The van der Waals surface area contributed by atoms with Crippen LogP contribution >= 0.6 is 0 Å². The normalized spacial score (nSPS) is 24.7. The van der Waals surface area contributed by atoms with Crippen molar-refractivity contribution in [2.24, 2.45) is 0 Å². The lowest BCUT2D eigenvalue weighted by Gasteiger charge is -2.39. The quantitative estimate of drug-likeness (QED) is 0.606. The number of fused-ring (bicyclic) bond motifs is 2. The Morgan fingerprint density at radius 1 is 0.724 bits per heavy atom. The fraction of sp³-hybridized carbons (Fsp3) is 0.538. The molecule has 2 heterocycles. The average Bonchev–Trinajstić information content (AvgIpc) is 2.58. The van der Waals surface area contributed by atoms with Gasteiger partial charge in [0.1, 0.15) is 8.07 Å². The van der Waals surface area contributed by atoms with Crippen molar-refractivity contribution in [2.75, 3.05) is 10.6 Å². The number of benzene rings is 2. The van der Waals surface area contributed by atoms with E-state index in [2.05, 4.69) is 102 Å². The summed E-state index contributed by atoms with van der Waals surface area (Å²) in [6.07, 6.45) is 2.37. The molecule has 0 spiro atoms. The lowest BCUT2D eigenvalue weighted by Crippen LogP contribution is -2.53. The highest BCUT2D eigenvalue weighted by molar-refractivity contribution is 7.00. The highest BCUT2D eigenvalue weighted by Gasteiger charge is 2.34. The van der Waals surface area contributed by atoms with Gasteiger partial charge in [0.15, 0.2) is 0 Å². The van der Waals surface area contributed by atoms with Crippen LogP contribution in [0.25, 0.3) is 0 Å². The van der Waals surface area contributed by atoms with Gasteiger partial charge in [-0.3, -0.25) is 0 Å². The molecule has 0 radical (unpaired) electrons. The zero-order chi connectivity index (χ0) is 21.2. The standard InChI is InChI=1S/C26H38N2Si/c1-17-15-25(3,4)27-23-13-19(9-11-21(17)23)29(7,8)20-10-12-22-18(2)16-26(5,6)28-24(22)14-20/h9-14,17-18,27-28H,15-16H2,1-8H3. The van der Waals surface area contributed by atoms with Gasteiger partial charge in [0.25, 0.3) is 0 Å². The van der Waals surface area contributed by atoms with Crippen molar-refractivity contribution >= 4 is 29.8 Å². The molecule has 0 saturated heterocycles. The maximum Gasteiger partial charge on any atom is 0.112 e. The van der Waals surface area contributed by atoms with Crippen molar-refractivity contribution in [1.29, 1.82) is 0 Å². The summed E-state index contributed by atoms with van der Waals surface area (Å²) < 4.78 is 0. The number of hydrogen-bond acceptors (Lipinski definition) is 2. The summed E-state index contributed by atoms with van der Waals surface area (Å²) in [7, 11) is -1.79. The molecular weight excluding hydrogens is 368 g/mol. The molecule has 2 aromatic carbocycles. The molecule has 0 fully saturated rings. The molecule has 4 rings (SSSR count). The van der Waals surface area contributed by atoms with Gasteiger partial charge < -0.3 is 10.6 Å². The Labute approximate surface area is 178 Å². The summed E-state index contributed by atoms with van der Waals surface area (Å²) in [5.41, 5.74) is 5.96. The van der Waals surface area contributed by atoms with E-state index in [1.807, 2.05) is 0 Å². The SMILES string of the molecule is CC1CC(C)(C)Nc2cc([Si](C)(C)c3ccc4c(c3)NC(C)(C)CC4C)ccc21. The molecule has 2 unspecified atom stereocenters. The highest BCUT2D eigenvalue weighted by Crippen LogP contribution is 2.39. The molecule has 0 aliphatic carbocycles. The topological polar surface area (TPSA) is 24.1 Å². The minimum atomic E-state index is -1.79. The van der Waals surface area contributed by atoms with Crippen LogP contribution in [-0.2, 0) is 0 Å². The van der Waals surface area contributed by atoms with Gasteiger partial charge in [0.2, 0.25) is 0 Å². The zero-order valence-electron chi connectivity index (χ0n) is 19.5. The molecule has 2 atom stereocenters. The van der Waals surface area contributed by atoms with Gasteiger partial charge in [-0.15, -0.1) is 0 Å². The zero-order valence-corrected chi connectivity index (χ0v) is 20.5. The van der Waals surface area contributed by atoms with E-state index < -0.39 is 8.07 Å². The van der Waals surface area contributed by atoms with E-state index >= 15 is 0 Å². The minimum absolute atomic E-state index is 0.161. The Kier molecular flexibility index (Phi) is 4.69. The summed E-state index contributed by atoms with van der Waals surface area (Å²) >= 11 is 0. The Hall–Kier alpha value is -1.74. The van der Waals surface area contributed by atoms with Crippen molar-refractivity contribution in [3.8, 4) is 0 Å². The first-order chi connectivity index (χ1) is 13.4. The van der Waals surface area contributed by atoms with Gasteiger partial charge in [-0.2, -0.15) is 0 Å². The van der Waals surface area contributed by atoms with Crippen molar-refractivity contribution in [3.05, 3.63) is 47.5 Å². The van der Waals surface area contributed by atoms with Crippen LogP contribution in [0.4, 0.5) is 11.4 Å². The molecule has 2 aliphatic heterocycles. The Balaban J connectivity index is 1.73. The second-order valence-electron chi connectivity index (χ2n) is 11.5. The molecule has 0 saturated carbocycles. The van der Waals surface area contributed by atoms with Crippen LogP contribution in [0, 0.1) is 0 Å².